The summed E-state index contributed by atoms with van der Waals surface area (Å²) >= 11 is 0. The van der Waals surface area contributed by atoms with Gasteiger partial charge in [0, 0.05) is 13.0 Å². The Bertz CT molecular complexity index is 459. The summed E-state index contributed by atoms with van der Waals surface area (Å²) in [6.07, 6.45) is 1.23. The third-order valence-corrected chi connectivity index (χ3v) is 3.08. The maximum Gasteiger partial charge on any atom is 0.315 e. The first-order chi connectivity index (χ1) is 10.1. The molecule has 0 spiro atoms. The summed E-state index contributed by atoms with van der Waals surface area (Å²) in [6.45, 7) is 2.33. The van der Waals surface area contributed by atoms with E-state index in [9.17, 15) is 9.59 Å². The zero-order valence-electron chi connectivity index (χ0n) is 12.4. The Morgan fingerprint density at radius 1 is 1.29 bits per heavy atom. The predicted molar refractivity (Wildman–Crippen MR) is 79.4 cm³/mol. The molecule has 0 aliphatic heterocycles. The molecule has 0 aromatic heterocycles. The lowest BCUT2D eigenvalue weighted by molar-refractivity contribution is -0.137. The number of nitrogens with one attached hydrogen (secondary N) is 2. The number of amides is 2. The van der Waals surface area contributed by atoms with Crippen LogP contribution < -0.4 is 15.4 Å². The van der Waals surface area contributed by atoms with E-state index >= 15 is 0 Å². The molecular weight excluding hydrogens is 272 g/mol. The van der Waals surface area contributed by atoms with Crippen LogP contribution in [-0.2, 0) is 4.79 Å². The lowest BCUT2D eigenvalue weighted by Gasteiger charge is -2.18. The normalized spacial score (nSPS) is 11.5. The van der Waals surface area contributed by atoms with E-state index in [1.54, 1.807) is 7.11 Å². The highest BCUT2D eigenvalue weighted by atomic mass is 16.5. The van der Waals surface area contributed by atoms with Gasteiger partial charge in [-0.15, -0.1) is 0 Å². The second kappa shape index (κ2) is 8.84. The van der Waals surface area contributed by atoms with Crippen molar-refractivity contribution in [1.82, 2.24) is 10.6 Å². The number of rotatable bonds is 8. The number of carboxylic acid groups (broad SMARTS) is 1. The standard InChI is InChI=1S/C15H22N2O4/c1-3-13(11-6-8-12(21-2)9-7-11)17-15(20)16-10-4-5-14(18)19/h6-9,13H,3-5,10H2,1-2H3,(H,18,19)(H2,16,17,20). The zero-order valence-corrected chi connectivity index (χ0v) is 12.4. The molecule has 1 unspecified atom stereocenters. The zero-order chi connectivity index (χ0) is 15.7. The van der Waals surface area contributed by atoms with Crippen molar-refractivity contribution < 1.29 is 19.4 Å². The molecule has 3 N–H and O–H groups in total. The maximum atomic E-state index is 11.8. The van der Waals surface area contributed by atoms with Crippen LogP contribution in [0.4, 0.5) is 4.79 Å². The first-order valence-electron chi connectivity index (χ1n) is 6.97. The summed E-state index contributed by atoms with van der Waals surface area (Å²) in [6, 6.07) is 7.16. The highest BCUT2D eigenvalue weighted by Gasteiger charge is 2.12. The number of urea groups is 1. The Labute approximate surface area is 124 Å². The van der Waals surface area contributed by atoms with Gasteiger partial charge in [0.1, 0.15) is 5.75 Å². The monoisotopic (exact) mass is 294 g/mol. The Morgan fingerprint density at radius 3 is 2.48 bits per heavy atom. The van der Waals surface area contributed by atoms with E-state index in [0.29, 0.717) is 13.0 Å². The molecule has 0 aliphatic carbocycles. The molecule has 116 valence electrons. The summed E-state index contributed by atoms with van der Waals surface area (Å²) < 4.78 is 5.10. The number of ether oxygens (including phenoxy) is 1. The summed E-state index contributed by atoms with van der Waals surface area (Å²) in [5, 5.41) is 14.0. The molecule has 1 aromatic rings. The SMILES string of the molecule is CCC(NC(=O)NCCCC(=O)O)c1ccc(OC)cc1. The highest BCUT2D eigenvalue weighted by molar-refractivity contribution is 5.74. The number of hydrogen-bond donors (Lipinski definition) is 3. The predicted octanol–water partition coefficient (Wildman–Crippen LogP) is 2.31. The molecule has 0 aliphatic rings. The molecule has 0 saturated carbocycles. The first-order valence-corrected chi connectivity index (χ1v) is 6.97. The van der Waals surface area contributed by atoms with E-state index in [4.69, 9.17) is 9.84 Å². The van der Waals surface area contributed by atoms with Crippen LogP contribution in [0, 0.1) is 0 Å². The smallest absolute Gasteiger partial charge is 0.315 e. The largest absolute Gasteiger partial charge is 0.497 e. The van der Waals surface area contributed by atoms with Gasteiger partial charge in [0.2, 0.25) is 0 Å². The number of carboxylic acids is 1. The molecule has 21 heavy (non-hydrogen) atoms. The van der Waals surface area contributed by atoms with E-state index in [1.165, 1.54) is 0 Å². The minimum atomic E-state index is -0.859. The summed E-state index contributed by atoms with van der Waals surface area (Å²) in [4.78, 5) is 22.1. The number of carbonyl (C=O) groups is 2. The average Bonchev–Trinajstić information content (AvgIpc) is 2.49. The molecule has 1 aromatic carbocycles. The molecule has 6 heteroatoms. The van der Waals surface area contributed by atoms with Gasteiger partial charge in [0.05, 0.1) is 13.2 Å². The molecule has 0 bridgehead atoms. The van der Waals surface area contributed by atoms with Crippen LogP contribution in [0.1, 0.15) is 37.8 Å². The number of benzene rings is 1. The summed E-state index contributed by atoms with van der Waals surface area (Å²) in [7, 11) is 1.61. The number of aliphatic carboxylic acids is 1. The van der Waals surface area contributed by atoms with Crippen LogP contribution in [0.15, 0.2) is 24.3 Å². The molecule has 0 heterocycles. The Kier molecular flexibility index (Phi) is 7.08. The fourth-order valence-corrected chi connectivity index (χ4v) is 1.91. The topological polar surface area (TPSA) is 87.7 Å². The van der Waals surface area contributed by atoms with Crippen LogP contribution in [0.3, 0.4) is 0 Å². The van der Waals surface area contributed by atoms with Crippen LogP contribution in [0.5, 0.6) is 5.75 Å². The highest BCUT2D eigenvalue weighted by Crippen LogP contribution is 2.19. The molecule has 6 nitrogen and oxygen atoms in total. The minimum Gasteiger partial charge on any atom is -0.497 e. The van der Waals surface area contributed by atoms with E-state index < -0.39 is 5.97 Å². The lowest BCUT2D eigenvalue weighted by Crippen LogP contribution is -2.38. The van der Waals surface area contributed by atoms with Crippen molar-refractivity contribution in [1.29, 1.82) is 0 Å². The quantitative estimate of drug-likeness (QED) is 0.642. The van der Waals surface area contributed by atoms with Crippen molar-refractivity contribution in [2.24, 2.45) is 0 Å². The van der Waals surface area contributed by atoms with Crippen LogP contribution >= 0.6 is 0 Å². The summed E-state index contributed by atoms with van der Waals surface area (Å²) in [5.41, 5.74) is 0.999. The van der Waals surface area contributed by atoms with Crippen LogP contribution in [0.25, 0.3) is 0 Å². The molecule has 2 amide bonds. The van der Waals surface area contributed by atoms with Gasteiger partial charge in [-0.1, -0.05) is 19.1 Å². The number of methoxy groups -OCH3 is 1. The van der Waals surface area contributed by atoms with Crippen molar-refractivity contribution in [3.05, 3.63) is 29.8 Å². The molecule has 1 rings (SSSR count). The third kappa shape index (κ3) is 6.16. The number of hydrogen-bond acceptors (Lipinski definition) is 3. The Hall–Kier alpha value is -2.24. The van der Waals surface area contributed by atoms with Gasteiger partial charge in [-0.3, -0.25) is 4.79 Å². The fourth-order valence-electron chi connectivity index (χ4n) is 1.91. The van der Waals surface area contributed by atoms with Gasteiger partial charge in [-0.25, -0.2) is 4.79 Å². The summed E-state index contributed by atoms with van der Waals surface area (Å²) in [5.74, 6) is -0.0893. The molecule has 1 atom stereocenters. The van der Waals surface area contributed by atoms with E-state index in [-0.39, 0.29) is 18.5 Å². The molecule has 0 saturated heterocycles. The third-order valence-electron chi connectivity index (χ3n) is 3.08. The van der Waals surface area contributed by atoms with E-state index in [2.05, 4.69) is 10.6 Å². The fraction of sp³-hybridized carbons (Fsp3) is 0.467. The van der Waals surface area contributed by atoms with Gasteiger partial charge in [0.15, 0.2) is 0 Å². The molecular formula is C15H22N2O4. The minimum absolute atomic E-state index is 0.0516. The van der Waals surface area contributed by atoms with Gasteiger partial charge >= 0.3 is 12.0 Å². The molecule has 0 radical (unpaired) electrons. The van der Waals surface area contributed by atoms with Crippen molar-refractivity contribution >= 4 is 12.0 Å². The van der Waals surface area contributed by atoms with Crippen molar-refractivity contribution in [2.75, 3.05) is 13.7 Å². The first kappa shape index (κ1) is 16.8. The second-order valence-corrected chi connectivity index (χ2v) is 4.63. The Balaban J connectivity index is 2.45. The van der Waals surface area contributed by atoms with Crippen molar-refractivity contribution in [3.8, 4) is 5.75 Å². The van der Waals surface area contributed by atoms with Crippen LogP contribution in [-0.4, -0.2) is 30.8 Å². The average molecular weight is 294 g/mol. The lowest BCUT2D eigenvalue weighted by atomic mass is 10.0. The second-order valence-electron chi connectivity index (χ2n) is 4.63. The van der Waals surface area contributed by atoms with Gasteiger partial charge in [0.25, 0.3) is 0 Å². The van der Waals surface area contributed by atoms with Gasteiger partial charge in [-0.2, -0.15) is 0 Å². The van der Waals surface area contributed by atoms with Gasteiger partial charge in [-0.05, 0) is 30.5 Å². The number of carbonyl (C=O) groups excluding carboxylic acids is 1. The Morgan fingerprint density at radius 2 is 1.95 bits per heavy atom. The van der Waals surface area contributed by atoms with Crippen LogP contribution in [0.2, 0.25) is 0 Å². The molecule has 0 fully saturated rings. The van der Waals surface area contributed by atoms with Crippen molar-refractivity contribution in [3.63, 3.8) is 0 Å². The van der Waals surface area contributed by atoms with Gasteiger partial charge < -0.3 is 20.5 Å². The maximum absolute atomic E-state index is 11.8. The van der Waals surface area contributed by atoms with Crippen molar-refractivity contribution in [2.45, 2.75) is 32.2 Å². The van der Waals surface area contributed by atoms with E-state index in [1.807, 2.05) is 31.2 Å². The van der Waals surface area contributed by atoms with E-state index in [0.717, 1.165) is 17.7 Å².